The number of rotatable bonds is 5. The summed E-state index contributed by atoms with van der Waals surface area (Å²) in [7, 11) is 0. The maximum absolute atomic E-state index is 13.0. The van der Waals surface area contributed by atoms with Gasteiger partial charge in [-0.1, -0.05) is 29.8 Å². The lowest BCUT2D eigenvalue weighted by Crippen LogP contribution is -2.31. The fraction of sp³-hybridized carbons (Fsp3) is 0.538. The predicted molar refractivity (Wildman–Crippen MR) is 75.1 cm³/mol. The van der Waals surface area contributed by atoms with E-state index in [-0.39, 0.29) is 11.7 Å². The van der Waals surface area contributed by atoms with E-state index < -0.39 is 11.7 Å². The number of hydrogen-bond acceptors (Lipinski definition) is 2. The van der Waals surface area contributed by atoms with E-state index in [4.69, 9.17) is 5.73 Å². The number of halogens is 4. The average molecular weight is 339 g/mol. The van der Waals surface area contributed by atoms with Crippen LogP contribution in [0.3, 0.4) is 0 Å². The van der Waals surface area contributed by atoms with Crippen LogP contribution in [0.5, 0.6) is 0 Å². The zero-order valence-corrected chi connectivity index (χ0v) is 12.5. The number of alkyl halides is 3. The van der Waals surface area contributed by atoms with Crippen LogP contribution in [0.4, 0.5) is 18.9 Å². The zero-order valence-electron chi connectivity index (χ0n) is 10.9. The summed E-state index contributed by atoms with van der Waals surface area (Å²) in [6.45, 7) is 4.32. The number of hydrogen-bond donors (Lipinski definition) is 2. The van der Waals surface area contributed by atoms with E-state index >= 15 is 0 Å². The minimum absolute atomic E-state index is 0.0757. The highest BCUT2D eigenvalue weighted by Crippen LogP contribution is 2.37. The van der Waals surface area contributed by atoms with Gasteiger partial charge < -0.3 is 11.1 Å². The largest absolute Gasteiger partial charge is 0.418 e. The normalized spacial score (nSPS) is 13.7. The summed E-state index contributed by atoms with van der Waals surface area (Å²) in [6, 6.07) is 3.92. The molecule has 1 unspecified atom stereocenters. The maximum Gasteiger partial charge on any atom is 0.418 e. The molecule has 0 spiro atoms. The Labute approximate surface area is 119 Å². The average Bonchev–Trinajstić information content (AvgIpc) is 2.28. The molecule has 0 aromatic heterocycles. The van der Waals surface area contributed by atoms with Gasteiger partial charge >= 0.3 is 6.18 Å². The Bertz CT molecular complexity index is 419. The summed E-state index contributed by atoms with van der Waals surface area (Å²) in [5, 5.41) is 2.90. The van der Waals surface area contributed by atoms with Crippen LogP contribution in [0, 0.1) is 5.92 Å². The van der Waals surface area contributed by atoms with Crippen molar-refractivity contribution in [2.45, 2.75) is 32.5 Å². The van der Waals surface area contributed by atoms with Crippen LogP contribution >= 0.6 is 15.9 Å². The molecule has 1 rings (SSSR count). The molecule has 2 nitrogen and oxygen atoms in total. The summed E-state index contributed by atoms with van der Waals surface area (Å²) < 4.78 is 39.3. The molecule has 1 aromatic carbocycles. The topological polar surface area (TPSA) is 38.0 Å². The van der Waals surface area contributed by atoms with Gasteiger partial charge in [-0.15, -0.1) is 0 Å². The van der Waals surface area contributed by atoms with Crippen molar-refractivity contribution in [2.75, 3.05) is 11.9 Å². The second-order valence-electron chi connectivity index (χ2n) is 4.89. The van der Waals surface area contributed by atoms with E-state index in [1.54, 1.807) is 6.07 Å². The Morgan fingerprint density at radius 3 is 2.42 bits per heavy atom. The van der Waals surface area contributed by atoms with Crippen molar-refractivity contribution in [3.8, 4) is 0 Å². The van der Waals surface area contributed by atoms with Crippen LogP contribution in [0.25, 0.3) is 0 Å². The molecule has 1 aromatic rings. The van der Waals surface area contributed by atoms with Crippen molar-refractivity contribution in [1.82, 2.24) is 0 Å². The molecule has 3 N–H and O–H groups in total. The Hall–Kier alpha value is -0.750. The van der Waals surface area contributed by atoms with Gasteiger partial charge in [-0.2, -0.15) is 13.2 Å². The Balaban J connectivity index is 2.99. The molecular weight excluding hydrogens is 321 g/mol. The van der Waals surface area contributed by atoms with Crippen molar-refractivity contribution in [2.24, 2.45) is 11.7 Å². The van der Waals surface area contributed by atoms with Gasteiger partial charge in [0.25, 0.3) is 0 Å². The third-order valence-electron chi connectivity index (χ3n) is 2.69. The second kappa shape index (κ2) is 6.61. The van der Waals surface area contributed by atoms with E-state index in [1.807, 2.05) is 13.8 Å². The minimum Gasteiger partial charge on any atom is -0.381 e. The van der Waals surface area contributed by atoms with Crippen molar-refractivity contribution < 1.29 is 13.2 Å². The third-order valence-corrected chi connectivity index (χ3v) is 3.18. The number of anilines is 1. The van der Waals surface area contributed by atoms with Crippen molar-refractivity contribution in [3.63, 3.8) is 0 Å². The molecule has 1 atom stereocenters. The molecule has 0 radical (unpaired) electrons. The van der Waals surface area contributed by atoms with Crippen molar-refractivity contribution in [3.05, 3.63) is 28.2 Å². The Morgan fingerprint density at radius 2 is 1.95 bits per heavy atom. The van der Waals surface area contributed by atoms with Crippen LogP contribution in [0.1, 0.15) is 25.8 Å². The molecule has 6 heteroatoms. The van der Waals surface area contributed by atoms with Crippen LogP contribution in [-0.2, 0) is 6.18 Å². The van der Waals surface area contributed by atoms with Gasteiger partial charge in [-0.3, -0.25) is 0 Å². The first-order valence-electron chi connectivity index (χ1n) is 6.07. The lowest BCUT2D eigenvalue weighted by atomic mass is 10.0. The van der Waals surface area contributed by atoms with E-state index in [0.29, 0.717) is 16.9 Å². The fourth-order valence-corrected chi connectivity index (χ4v) is 2.24. The highest BCUT2D eigenvalue weighted by molar-refractivity contribution is 9.10. The van der Waals surface area contributed by atoms with Gasteiger partial charge in [-0.25, -0.2) is 0 Å². The van der Waals surface area contributed by atoms with Gasteiger partial charge in [0.15, 0.2) is 0 Å². The fourth-order valence-electron chi connectivity index (χ4n) is 1.88. The number of nitrogens with one attached hydrogen (secondary N) is 1. The molecule has 19 heavy (non-hydrogen) atoms. The molecule has 0 fully saturated rings. The molecule has 0 heterocycles. The highest BCUT2D eigenvalue weighted by atomic mass is 79.9. The quantitative estimate of drug-likeness (QED) is 0.842. The van der Waals surface area contributed by atoms with E-state index in [2.05, 4.69) is 21.2 Å². The molecule has 108 valence electrons. The first-order valence-corrected chi connectivity index (χ1v) is 6.86. The van der Waals surface area contributed by atoms with Crippen molar-refractivity contribution >= 4 is 21.6 Å². The standard InChI is InChI=1S/C13H18BrF3N2/c1-8(2)5-10(7-18)19-12-4-3-9(14)6-11(12)13(15,16)17/h3-4,6,8,10,19H,5,7,18H2,1-2H3. The minimum atomic E-state index is -4.39. The smallest absolute Gasteiger partial charge is 0.381 e. The SMILES string of the molecule is CC(C)CC(CN)Nc1ccc(Br)cc1C(F)(F)F. The van der Waals surface area contributed by atoms with Gasteiger partial charge in [0.2, 0.25) is 0 Å². The van der Waals surface area contributed by atoms with Crippen LogP contribution in [-0.4, -0.2) is 12.6 Å². The van der Waals surface area contributed by atoms with E-state index in [9.17, 15) is 13.2 Å². The monoisotopic (exact) mass is 338 g/mol. The molecule has 0 aliphatic heterocycles. The molecule has 0 bridgehead atoms. The second-order valence-corrected chi connectivity index (χ2v) is 5.81. The van der Waals surface area contributed by atoms with Crippen molar-refractivity contribution in [1.29, 1.82) is 0 Å². The number of nitrogens with two attached hydrogens (primary N) is 1. The van der Waals surface area contributed by atoms with Gasteiger partial charge in [0.1, 0.15) is 0 Å². The summed E-state index contributed by atoms with van der Waals surface area (Å²) in [4.78, 5) is 0. The molecule has 0 saturated heterocycles. The van der Waals surface area contributed by atoms with Gasteiger partial charge in [-0.05, 0) is 30.5 Å². The third kappa shape index (κ3) is 5.03. The first-order chi connectivity index (χ1) is 8.74. The van der Waals surface area contributed by atoms with E-state index in [0.717, 1.165) is 12.5 Å². The Kier molecular flexibility index (Phi) is 5.67. The molecule has 0 amide bonds. The maximum atomic E-state index is 13.0. The zero-order chi connectivity index (χ0) is 14.6. The van der Waals surface area contributed by atoms with Gasteiger partial charge in [0, 0.05) is 22.7 Å². The summed E-state index contributed by atoms with van der Waals surface area (Å²) in [5.74, 6) is 0.367. The van der Waals surface area contributed by atoms with Gasteiger partial charge in [0.05, 0.1) is 5.56 Å². The predicted octanol–water partition coefficient (Wildman–Crippen LogP) is 4.25. The molecule has 0 aliphatic rings. The number of benzene rings is 1. The van der Waals surface area contributed by atoms with Crippen LogP contribution < -0.4 is 11.1 Å². The van der Waals surface area contributed by atoms with Crippen LogP contribution in [0.15, 0.2) is 22.7 Å². The van der Waals surface area contributed by atoms with Crippen LogP contribution in [0.2, 0.25) is 0 Å². The highest BCUT2D eigenvalue weighted by Gasteiger charge is 2.34. The first kappa shape index (κ1) is 16.3. The lowest BCUT2D eigenvalue weighted by Gasteiger charge is -2.23. The molecule has 0 aliphatic carbocycles. The Morgan fingerprint density at radius 1 is 1.32 bits per heavy atom. The summed E-state index contributed by atoms with van der Waals surface area (Å²) in [5.41, 5.74) is 5.00. The molecular formula is C13H18BrF3N2. The summed E-state index contributed by atoms with van der Waals surface area (Å²) >= 11 is 3.06. The summed E-state index contributed by atoms with van der Waals surface area (Å²) in [6.07, 6.45) is -3.66. The lowest BCUT2D eigenvalue weighted by molar-refractivity contribution is -0.137. The molecule has 0 saturated carbocycles. The van der Waals surface area contributed by atoms with E-state index in [1.165, 1.54) is 6.07 Å².